The highest BCUT2D eigenvalue weighted by Crippen LogP contribution is 2.33. The van der Waals surface area contributed by atoms with Crippen molar-refractivity contribution in [2.45, 2.75) is 6.04 Å². The summed E-state index contributed by atoms with van der Waals surface area (Å²) in [6, 6.07) is 10.6. The van der Waals surface area contributed by atoms with E-state index in [1.54, 1.807) is 13.2 Å². The van der Waals surface area contributed by atoms with Gasteiger partial charge in [0.25, 0.3) is 0 Å². The molecule has 1 atom stereocenters. The largest absolute Gasteiger partial charge is 0.496 e. The summed E-state index contributed by atoms with van der Waals surface area (Å²) in [5.74, 6) is 0.521. The Kier molecular flexibility index (Phi) is 5.18. The van der Waals surface area contributed by atoms with Crippen LogP contribution >= 0.6 is 31.9 Å². The van der Waals surface area contributed by atoms with Crippen molar-refractivity contribution >= 4 is 31.9 Å². The van der Waals surface area contributed by atoms with Crippen LogP contribution in [0.15, 0.2) is 45.3 Å². The predicted octanol–water partition coefficient (Wildman–Crippen LogP) is 4.67. The standard InChI is InChI=1S/C15H14Br2FNO/c1-19-15(11-5-4-10(18)8-12(11)16)9-3-6-14(20-2)13(17)7-9/h3-8,15,19H,1-2H3. The maximum absolute atomic E-state index is 13.2. The molecule has 5 heteroatoms. The minimum absolute atomic E-state index is 0.0350. The Morgan fingerprint density at radius 2 is 1.85 bits per heavy atom. The van der Waals surface area contributed by atoms with Crippen LogP contribution in [0.4, 0.5) is 4.39 Å². The first-order valence-electron chi connectivity index (χ1n) is 6.02. The summed E-state index contributed by atoms with van der Waals surface area (Å²) in [4.78, 5) is 0. The SMILES string of the molecule is CNC(c1ccc(OC)c(Br)c1)c1ccc(F)cc1Br. The topological polar surface area (TPSA) is 21.3 Å². The van der Waals surface area contributed by atoms with Crippen molar-refractivity contribution in [3.05, 3.63) is 62.3 Å². The molecule has 0 amide bonds. The fourth-order valence-electron chi connectivity index (χ4n) is 2.10. The Hall–Kier alpha value is -0.910. The smallest absolute Gasteiger partial charge is 0.133 e. The number of halogens is 3. The highest BCUT2D eigenvalue weighted by molar-refractivity contribution is 9.10. The molecule has 2 aromatic rings. The van der Waals surface area contributed by atoms with Crippen LogP contribution in [0.1, 0.15) is 17.2 Å². The van der Waals surface area contributed by atoms with Crippen LogP contribution < -0.4 is 10.1 Å². The third kappa shape index (κ3) is 3.22. The number of nitrogens with one attached hydrogen (secondary N) is 1. The van der Waals surface area contributed by atoms with E-state index >= 15 is 0 Å². The summed E-state index contributed by atoms with van der Waals surface area (Å²) in [5, 5.41) is 3.25. The maximum atomic E-state index is 13.2. The molecule has 0 saturated heterocycles. The van der Waals surface area contributed by atoms with E-state index in [2.05, 4.69) is 37.2 Å². The molecule has 0 aliphatic heterocycles. The molecule has 0 aromatic heterocycles. The van der Waals surface area contributed by atoms with Crippen molar-refractivity contribution in [2.24, 2.45) is 0 Å². The van der Waals surface area contributed by atoms with E-state index in [1.165, 1.54) is 12.1 Å². The highest BCUT2D eigenvalue weighted by atomic mass is 79.9. The average molecular weight is 403 g/mol. The second-order valence-electron chi connectivity index (χ2n) is 4.28. The van der Waals surface area contributed by atoms with E-state index in [4.69, 9.17) is 4.74 Å². The maximum Gasteiger partial charge on any atom is 0.133 e. The van der Waals surface area contributed by atoms with Crippen molar-refractivity contribution < 1.29 is 9.13 Å². The summed E-state index contributed by atoms with van der Waals surface area (Å²) in [6.45, 7) is 0. The summed E-state index contributed by atoms with van der Waals surface area (Å²) in [7, 11) is 3.50. The van der Waals surface area contributed by atoms with Crippen LogP contribution in [0.25, 0.3) is 0 Å². The van der Waals surface area contributed by atoms with Crippen molar-refractivity contribution in [3.8, 4) is 5.75 Å². The second-order valence-corrected chi connectivity index (χ2v) is 5.99. The average Bonchev–Trinajstić information content (AvgIpc) is 2.42. The molecular formula is C15H14Br2FNO. The van der Waals surface area contributed by atoms with Crippen molar-refractivity contribution in [2.75, 3.05) is 14.2 Å². The predicted molar refractivity (Wildman–Crippen MR) is 85.7 cm³/mol. The third-order valence-corrected chi connectivity index (χ3v) is 4.38. The Morgan fingerprint density at radius 3 is 2.40 bits per heavy atom. The van der Waals surface area contributed by atoms with Crippen molar-refractivity contribution in [1.29, 1.82) is 0 Å². The van der Waals surface area contributed by atoms with Crippen molar-refractivity contribution in [3.63, 3.8) is 0 Å². The fourth-order valence-corrected chi connectivity index (χ4v) is 3.24. The van der Waals surface area contributed by atoms with Crippen LogP contribution in [-0.4, -0.2) is 14.2 Å². The molecule has 0 saturated carbocycles. The number of ether oxygens (including phenoxy) is 1. The lowest BCUT2D eigenvalue weighted by molar-refractivity contribution is 0.412. The monoisotopic (exact) mass is 401 g/mol. The van der Waals surface area contributed by atoms with E-state index in [9.17, 15) is 4.39 Å². The Balaban J connectivity index is 2.44. The molecule has 1 N–H and O–H groups in total. The van der Waals surface area contributed by atoms with Gasteiger partial charge in [-0.05, 0) is 58.4 Å². The van der Waals surface area contributed by atoms with Crippen LogP contribution in [0.3, 0.4) is 0 Å². The zero-order valence-corrected chi connectivity index (χ0v) is 14.3. The van der Waals surface area contributed by atoms with E-state index in [1.807, 2.05) is 25.2 Å². The Bertz CT molecular complexity index is 619. The van der Waals surface area contributed by atoms with Gasteiger partial charge in [0, 0.05) is 4.47 Å². The van der Waals surface area contributed by atoms with E-state index < -0.39 is 0 Å². The van der Waals surface area contributed by atoms with Gasteiger partial charge in [0.2, 0.25) is 0 Å². The van der Waals surface area contributed by atoms with Crippen LogP contribution in [0.2, 0.25) is 0 Å². The minimum Gasteiger partial charge on any atom is -0.496 e. The van der Waals surface area contributed by atoms with Gasteiger partial charge in [-0.2, -0.15) is 0 Å². The van der Waals surface area contributed by atoms with Gasteiger partial charge in [-0.25, -0.2) is 4.39 Å². The number of hydrogen-bond acceptors (Lipinski definition) is 2. The van der Waals surface area contributed by atoms with Crippen LogP contribution in [-0.2, 0) is 0 Å². The summed E-state index contributed by atoms with van der Waals surface area (Å²) >= 11 is 6.90. The lowest BCUT2D eigenvalue weighted by Gasteiger charge is -2.19. The molecule has 0 bridgehead atoms. The van der Waals surface area contributed by atoms with Gasteiger partial charge < -0.3 is 10.1 Å². The van der Waals surface area contributed by atoms with Gasteiger partial charge in [0.15, 0.2) is 0 Å². The van der Waals surface area contributed by atoms with Crippen LogP contribution in [0.5, 0.6) is 5.75 Å². The molecule has 1 unspecified atom stereocenters. The summed E-state index contributed by atoms with van der Waals surface area (Å²) in [5.41, 5.74) is 2.04. The number of benzene rings is 2. The van der Waals surface area contributed by atoms with E-state index in [-0.39, 0.29) is 11.9 Å². The first-order valence-corrected chi connectivity index (χ1v) is 7.61. The minimum atomic E-state index is -0.258. The number of methoxy groups -OCH3 is 1. The number of rotatable bonds is 4. The zero-order chi connectivity index (χ0) is 14.7. The second kappa shape index (κ2) is 6.70. The molecule has 0 fully saturated rings. The molecule has 0 heterocycles. The first kappa shape index (κ1) is 15.5. The van der Waals surface area contributed by atoms with Gasteiger partial charge >= 0.3 is 0 Å². The molecule has 0 aliphatic rings. The van der Waals surface area contributed by atoms with Gasteiger partial charge in [0.05, 0.1) is 17.6 Å². The quantitative estimate of drug-likeness (QED) is 0.802. The molecule has 2 nitrogen and oxygen atoms in total. The normalized spacial score (nSPS) is 12.2. The molecular weight excluding hydrogens is 389 g/mol. The molecule has 0 aliphatic carbocycles. The summed E-state index contributed by atoms with van der Waals surface area (Å²) in [6.07, 6.45) is 0. The first-order chi connectivity index (χ1) is 9.56. The van der Waals surface area contributed by atoms with Crippen LogP contribution in [0, 0.1) is 5.82 Å². The van der Waals surface area contributed by atoms with Gasteiger partial charge in [-0.1, -0.05) is 28.1 Å². The van der Waals surface area contributed by atoms with Gasteiger partial charge in [0.1, 0.15) is 11.6 Å². The third-order valence-electron chi connectivity index (χ3n) is 3.07. The fraction of sp³-hybridized carbons (Fsp3) is 0.200. The number of hydrogen-bond donors (Lipinski definition) is 1. The van der Waals surface area contributed by atoms with E-state index in [0.29, 0.717) is 0 Å². The Morgan fingerprint density at radius 1 is 1.10 bits per heavy atom. The molecule has 2 rings (SSSR count). The zero-order valence-electron chi connectivity index (χ0n) is 11.1. The van der Waals surface area contributed by atoms with E-state index in [0.717, 1.165) is 25.8 Å². The molecule has 20 heavy (non-hydrogen) atoms. The van der Waals surface area contributed by atoms with Crippen molar-refractivity contribution in [1.82, 2.24) is 5.32 Å². The molecule has 0 spiro atoms. The lowest BCUT2D eigenvalue weighted by Crippen LogP contribution is -2.18. The van der Waals surface area contributed by atoms with Gasteiger partial charge in [-0.3, -0.25) is 0 Å². The van der Waals surface area contributed by atoms with Gasteiger partial charge in [-0.15, -0.1) is 0 Å². The molecule has 106 valence electrons. The lowest BCUT2D eigenvalue weighted by atomic mass is 9.99. The molecule has 0 radical (unpaired) electrons. The molecule has 2 aromatic carbocycles. The summed E-state index contributed by atoms with van der Waals surface area (Å²) < 4.78 is 20.1. The highest BCUT2D eigenvalue weighted by Gasteiger charge is 2.16. The Labute approximate surface area is 134 Å².